The number of aliphatic hydroxyl groups is 1. The van der Waals surface area contributed by atoms with Gasteiger partial charge in [0.25, 0.3) is 0 Å². The van der Waals surface area contributed by atoms with E-state index in [1.165, 1.54) is 12.1 Å². The number of rotatable bonds is 5. The van der Waals surface area contributed by atoms with E-state index in [1.54, 1.807) is 25.1 Å². The molecule has 0 amide bonds. The van der Waals surface area contributed by atoms with Crippen LogP contribution in [-0.2, 0) is 12.1 Å². The van der Waals surface area contributed by atoms with Crippen molar-refractivity contribution in [2.45, 2.75) is 26.0 Å². The van der Waals surface area contributed by atoms with Gasteiger partial charge >= 0.3 is 0 Å². The lowest BCUT2D eigenvalue weighted by atomic mass is 10.0. The van der Waals surface area contributed by atoms with Gasteiger partial charge in [0.1, 0.15) is 22.9 Å². The molecule has 0 radical (unpaired) electrons. The maximum absolute atomic E-state index is 13.3. The van der Waals surface area contributed by atoms with Crippen LogP contribution < -0.4 is 5.32 Å². The Morgan fingerprint density at radius 1 is 1.35 bits per heavy atom. The van der Waals surface area contributed by atoms with E-state index in [0.29, 0.717) is 18.8 Å². The van der Waals surface area contributed by atoms with Gasteiger partial charge < -0.3 is 14.8 Å². The van der Waals surface area contributed by atoms with Gasteiger partial charge in [0.2, 0.25) is 0 Å². The van der Waals surface area contributed by atoms with Crippen molar-refractivity contribution < 1.29 is 13.9 Å². The summed E-state index contributed by atoms with van der Waals surface area (Å²) in [6, 6.07) is 8.19. The lowest BCUT2D eigenvalue weighted by Gasteiger charge is -2.21. The zero-order valence-electron chi connectivity index (χ0n) is 11.4. The molecule has 0 saturated heterocycles. The first-order valence-electron chi connectivity index (χ1n) is 6.32. The third-order valence-corrected chi connectivity index (χ3v) is 3.36. The summed E-state index contributed by atoms with van der Waals surface area (Å²) in [5.74, 6) is 0.809. The normalized spacial score (nSPS) is 14.2. The minimum atomic E-state index is -1.11. The maximum Gasteiger partial charge on any atom is 0.142 e. The largest absolute Gasteiger partial charge is 0.463 e. The molecule has 1 aromatic heterocycles. The summed E-state index contributed by atoms with van der Waals surface area (Å²) < 4.78 is 18.7. The molecule has 0 spiro atoms. The Labute approximate surface area is 122 Å². The van der Waals surface area contributed by atoms with Crippen LogP contribution in [0.1, 0.15) is 24.0 Å². The van der Waals surface area contributed by atoms with Gasteiger partial charge in [-0.2, -0.15) is 0 Å². The molecule has 3 nitrogen and oxygen atoms in total. The predicted molar refractivity (Wildman–Crippen MR) is 76.1 cm³/mol. The predicted octanol–water partition coefficient (Wildman–Crippen LogP) is 3.38. The lowest BCUT2D eigenvalue weighted by Crippen LogP contribution is -2.34. The van der Waals surface area contributed by atoms with E-state index >= 15 is 0 Å². The highest BCUT2D eigenvalue weighted by Gasteiger charge is 2.26. The van der Waals surface area contributed by atoms with Gasteiger partial charge in [-0.3, -0.25) is 0 Å². The molecule has 1 atom stereocenters. The smallest absolute Gasteiger partial charge is 0.142 e. The molecule has 5 heteroatoms. The first kappa shape index (κ1) is 15.0. The van der Waals surface area contributed by atoms with E-state index < -0.39 is 11.4 Å². The summed E-state index contributed by atoms with van der Waals surface area (Å²) in [6.45, 7) is 4.22. The molecule has 0 saturated carbocycles. The van der Waals surface area contributed by atoms with Gasteiger partial charge in [-0.05, 0) is 43.7 Å². The second-order valence-corrected chi connectivity index (χ2v) is 5.44. The Morgan fingerprint density at radius 2 is 2.10 bits per heavy atom. The summed E-state index contributed by atoms with van der Waals surface area (Å²) in [5, 5.41) is 13.5. The molecule has 0 bridgehead atoms. The van der Waals surface area contributed by atoms with Crippen LogP contribution in [-0.4, -0.2) is 11.7 Å². The topological polar surface area (TPSA) is 45.4 Å². The molecule has 0 aliphatic rings. The molecule has 0 aliphatic heterocycles. The summed E-state index contributed by atoms with van der Waals surface area (Å²) >= 11 is 5.62. The van der Waals surface area contributed by atoms with Crippen LogP contribution in [0.15, 0.2) is 34.7 Å². The monoisotopic (exact) mass is 297 g/mol. The van der Waals surface area contributed by atoms with Gasteiger partial charge in [0.15, 0.2) is 0 Å². The van der Waals surface area contributed by atoms with Gasteiger partial charge in [0.05, 0.1) is 5.02 Å². The summed E-state index contributed by atoms with van der Waals surface area (Å²) in [6.07, 6.45) is 0. The molecule has 2 rings (SSSR count). The van der Waals surface area contributed by atoms with Gasteiger partial charge in [-0.15, -0.1) is 0 Å². The molecule has 1 aromatic carbocycles. The number of hydrogen-bond acceptors (Lipinski definition) is 3. The molecule has 1 unspecified atom stereocenters. The van der Waals surface area contributed by atoms with E-state index in [0.717, 1.165) is 11.3 Å². The Balaban J connectivity index is 1.93. The van der Waals surface area contributed by atoms with Crippen molar-refractivity contribution in [2.24, 2.45) is 0 Å². The van der Waals surface area contributed by atoms with Crippen LogP contribution in [0.5, 0.6) is 0 Å². The summed E-state index contributed by atoms with van der Waals surface area (Å²) in [4.78, 5) is 0. The minimum absolute atomic E-state index is 0.104. The van der Waals surface area contributed by atoms with Crippen LogP contribution in [0.25, 0.3) is 0 Å². The third-order valence-electron chi connectivity index (χ3n) is 3.05. The highest BCUT2D eigenvalue weighted by molar-refractivity contribution is 6.30. The van der Waals surface area contributed by atoms with Crippen molar-refractivity contribution in [3.8, 4) is 0 Å². The second kappa shape index (κ2) is 5.95. The Bertz CT molecular complexity index is 595. The zero-order chi connectivity index (χ0) is 14.8. The minimum Gasteiger partial charge on any atom is -0.463 e. The van der Waals surface area contributed by atoms with E-state index in [1.807, 2.05) is 6.92 Å². The molecule has 0 aliphatic carbocycles. The van der Waals surface area contributed by atoms with Crippen molar-refractivity contribution in [2.75, 3.05) is 6.54 Å². The zero-order valence-corrected chi connectivity index (χ0v) is 12.2. The van der Waals surface area contributed by atoms with Gasteiger partial charge in [-0.25, -0.2) is 4.39 Å². The Hall–Kier alpha value is -1.36. The number of aryl methyl sites for hydroxylation is 1. The van der Waals surface area contributed by atoms with E-state index in [9.17, 15) is 9.50 Å². The molecule has 108 valence electrons. The highest BCUT2D eigenvalue weighted by Crippen LogP contribution is 2.22. The third kappa shape index (κ3) is 3.60. The fourth-order valence-electron chi connectivity index (χ4n) is 1.91. The summed E-state index contributed by atoms with van der Waals surface area (Å²) in [7, 11) is 0. The maximum atomic E-state index is 13.3. The second-order valence-electron chi connectivity index (χ2n) is 5.04. The lowest BCUT2D eigenvalue weighted by molar-refractivity contribution is 0.0332. The van der Waals surface area contributed by atoms with Crippen molar-refractivity contribution in [1.82, 2.24) is 5.32 Å². The number of benzene rings is 1. The fraction of sp³-hybridized carbons (Fsp3) is 0.333. The average molecular weight is 298 g/mol. The Kier molecular flexibility index (Phi) is 4.48. The fourth-order valence-corrected chi connectivity index (χ4v) is 2.03. The number of hydrogen-bond donors (Lipinski definition) is 2. The van der Waals surface area contributed by atoms with Crippen molar-refractivity contribution >= 4 is 11.6 Å². The van der Waals surface area contributed by atoms with Crippen LogP contribution >= 0.6 is 11.6 Å². The average Bonchev–Trinajstić information content (AvgIpc) is 2.81. The molecule has 2 aromatic rings. The number of nitrogens with one attached hydrogen (secondary N) is 1. The van der Waals surface area contributed by atoms with Gasteiger partial charge in [0, 0.05) is 13.1 Å². The number of furan rings is 1. The molecular weight excluding hydrogens is 281 g/mol. The molecule has 0 fully saturated rings. The van der Waals surface area contributed by atoms with Gasteiger partial charge in [-0.1, -0.05) is 17.7 Å². The van der Waals surface area contributed by atoms with E-state index in [4.69, 9.17) is 16.0 Å². The molecule has 20 heavy (non-hydrogen) atoms. The first-order chi connectivity index (χ1) is 9.38. The Morgan fingerprint density at radius 3 is 2.70 bits per heavy atom. The SMILES string of the molecule is Cc1ccc(C(C)(O)CNCc2ccc(Cl)c(F)c2)o1. The quantitative estimate of drug-likeness (QED) is 0.889. The number of halogens is 2. The van der Waals surface area contributed by atoms with Crippen molar-refractivity contribution in [3.63, 3.8) is 0 Å². The van der Waals surface area contributed by atoms with Crippen LogP contribution in [0, 0.1) is 12.7 Å². The summed E-state index contributed by atoms with van der Waals surface area (Å²) in [5.41, 5.74) is -0.350. The van der Waals surface area contributed by atoms with Crippen LogP contribution in [0.3, 0.4) is 0 Å². The highest BCUT2D eigenvalue weighted by atomic mass is 35.5. The molecule has 2 N–H and O–H groups in total. The van der Waals surface area contributed by atoms with E-state index in [2.05, 4.69) is 5.32 Å². The standard InChI is InChI=1S/C15H17ClFNO2/c1-10-3-6-14(20-10)15(2,19)9-18-8-11-4-5-12(16)13(17)7-11/h3-7,18-19H,8-9H2,1-2H3. The van der Waals surface area contributed by atoms with Crippen molar-refractivity contribution in [3.05, 3.63) is 58.3 Å². The van der Waals surface area contributed by atoms with E-state index in [-0.39, 0.29) is 5.02 Å². The van der Waals surface area contributed by atoms with Crippen molar-refractivity contribution in [1.29, 1.82) is 0 Å². The first-order valence-corrected chi connectivity index (χ1v) is 6.70. The molecular formula is C15H17ClFNO2. The van der Waals surface area contributed by atoms with Crippen LogP contribution in [0.4, 0.5) is 4.39 Å². The molecule has 1 heterocycles. The van der Waals surface area contributed by atoms with Crippen LogP contribution in [0.2, 0.25) is 5.02 Å².